The Balaban J connectivity index is 2.33. The Labute approximate surface area is 109 Å². The summed E-state index contributed by atoms with van der Waals surface area (Å²) in [5.41, 5.74) is 0. The average molecular weight is 259 g/mol. The number of rotatable bonds is 6. The van der Waals surface area contributed by atoms with Gasteiger partial charge in [-0.15, -0.1) is 0 Å². The van der Waals surface area contributed by atoms with E-state index in [-0.39, 0.29) is 6.10 Å². The van der Waals surface area contributed by atoms with Crippen LogP contribution in [0.1, 0.15) is 26.2 Å². The summed E-state index contributed by atoms with van der Waals surface area (Å²) >= 11 is 1.89. The summed E-state index contributed by atoms with van der Waals surface area (Å²) < 4.78 is 0. The molecule has 1 rings (SSSR count). The lowest BCUT2D eigenvalue weighted by Gasteiger charge is -2.20. The van der Waals surface area contributed by atoms with Gasteiger partial charge in [-0.05, 0) is 38.2 Å². The zero-order chi connectivity index (χ0) is 12.5. The van der Waals surface area contributed by atoms with Crippen molar-refractivity contribution in [1.29, 1.82) is 0 Å². The van der Waals surface area contributed by atoms with E-state index >= 15 is 0 Å². The first-order valence-electron chi connectivity index (χ1n) is 6.48. The molecule has 0 aromatic carbocycles. The van der Waals surface area contributed by atoms with Crippen LogP contribution in [-0.2, 0) is 0 Å². The number of aliphatic hydroxyl groups excluding tert-OH is 1. The first-order chi connectivity index (χ1) is 8.27. The molecular formula is C12H25N3OS. The van der Waals surface area contributed by atoms with E-state index in [2.05, 4.69) is 28.4 Å². The van der Waals surface area contributed by atoms with Gasteiger partial charge in [0.1, 0.15) is 0 Å². The second kappa shape index (κ2) is 8.64. The number of β-amino-alcohol motifs (C(OH)–C–C–N with tert-alkyl or cyclic N) is 1. The molecule has 0 aliphatic carbocycles. The van der Waals surface area contributed by atoms with E-state index in [0.717, 1.165) is 45.0 Å². The Kier molecular flexibility index (Phi) is 7.44. The molecule has 17 heavy (non-hydrogen) atoms. The van der Waals surface area contributed by atoms with Gasteiger partial charge in [-0.1, -0.05) is 0 Å². The second-order valence-electron chi connectivity index (χ2n) is 4.32. The first kappa shape index (κ1) is 14.6. The maximum atomic E-state index is 9.53. The zero-order valence-electron chi connectivity index (χ0n) is 11.0. The van der Waals surface area contributed by atoms with Gasteiger partial charge < -0.3 is 15.3 Å². The van der Waals surface area contributed by atoms with Gasteiger partial charge in [0.2, 0.25) is 0 Å². The highest BCUT2D eigenvalue weighted by atomic mass is 32.2. The van der Waals surface area contributed by atoms with E-state index < -0.39 is 0 Å². The second-order valence-corrected chi connectivity index (χ2v) is 5.31. The van der Waals surface area contributed by atoms with Crippen molar-refractivity contribution < 1.29 is 5.11 Å². The minimum absolute atomic E-state index is 0.185. The number of aliphatic hydroxyl groups is 1. The smallest absolute Gasteiger partial charge is 0.194 e. The largest absolute Gasteiger partial charge is 0.391 e. The summed E-state index contributed by atoms with van der Waals surface area (Å²) in [7, 11) is 0. The number of thioether (sulfide) groups is 1. The number of unbranched alkanes of at least 4 members (excludes halogenated alkanes) is 1. The predicted molar refractivity (Wildman–Crippen MR) is 75.8 cm³/mol. The first-order valence-corrected chi connectivity index (χ1v) is 7.87. The van der Waals surface area contributed by atoms with Gasteiger partial charge >= 0.3 is 0 Å². The van der Waals surface area contributed by atoms with Gasteiger partial charge in [0.05, 0.1) is 6.10 Å². The molecule has 0 aromatic heterocycles. The van der Waals surface area contributed by atoms with Crippen molar-refractivity contribution in [3.63, 3.8) is 0 Å². The van der Waals surface area contributed by atoms with Crippen molar-refractivity contribution in [3.8, 4) is 0 Å². The lowest BCUT2D eigenvalue weighted by atomic mass is 10.3. The van der Waals surface area contributed by atoms with Gasteiger partial charge in [-0.3, -0.25) is 4.99 Å². The molecule has 5 heteroatoms. The normalized spacial score (nSPS) is 21.0. The van der Waals surface area contributed by atoms with Crippen LogP contribution in [0.5, 0.6) is 0 Å². The van der Waals surface area contributed by atoms with Crippen LogP contribution in [0.15, 0.2) is 4.99 Å². The van der Waals surface area contributed by atoms with E-state index in [0.29, 0.717) is 0 Å². The summed E-state index contributed by atoms with van der Waals surface area (Å²) in [6, 6.07) is 0. The highest BCUT2D eigenvalue weighted by Crippen LogP contribution is 2.09. The number of likely N-dealkylation sites (tertiary alicyclic amines) is 1. The van der Waals surface area contributed by atoms with Crippen molar-refractivity contribution in [1.82, 2.24) is 10.2 Å². The summed E-state index contributed by atoms with van der Waals surface area (Å²) in [6.45, 7) is 5.48. The van der Waals surface area contributed by atoms with Crippen LogP contribution < -0.4 is 5.32 Å². The molecule has 0 amide bonds. The van der Waals surface area contributed by atoms with Crippen molar-refractivity contribution in [3.05, 3.63) is 0 Å². The minimum Gasteiger partial charge on any atom is -0.391 e. The van der Waals surface area contributed by atoms with Crippen molar-refractivity contribution in [2.45, 2.75) is 32.3 Å². The number of guanidine groups is 1. The van der Waals surface area contributed by atoms with E-state index in [1.807, 2.05) is 11.8 Å². The van der Waals surface area contributed by atoms with Crippen molar-refractivity contribution >= 4 is 17.7 Å². The fraction of sp³-hybridized carbons (Fsp3) is 0.917. The Hall–Kier alpha value is -0.420. The molecule has 0 unspecified atom stereocenters. The van der Waals surface area contributed by atoms with Crippen LogP contribution in [0.2, 0.25) is 0 Å². The molecule has 0 aromatic rings. The molecule has 0 radical (unpaired) electrons. The third-order valence-electron chi connectivity index (χ3n) is 2.82. The van der Waals surface area contributed by atoms with Gasteiger partial charge in [-0.2, -0.15) is 11.8 Å². The van der Waals surface area contributed by atoms with Gasteiger partial charge in [-0.25, -0.2) is 0 Å². The molecule has 1 fully saturated rings. The summed E-state index contributed by atoms with van der Waals surface area (Å²) in [5, 5.41) is 12.8. The molecule has 1 heterocycles. The van der Waals surface area contributed by atoms with Crippen LogP contribution in [0.25, 0.3) is 0 Å². The zero-order valence-corrected chi connectivity index (χ0v) is 11.8. The van der Waals surface area contributed by atoms with Crippen LogP contribution in [0, 0.1) is 0 Å². The molecule has 1 atom stereocenters. The fourth-order valence-corrected chi connectivity index (χ4v) is 2.40. The standard InChI is InChI=1S/C12H25N3OS/c1-3-13-12(14-7-4-5-9-17-2)15-8-6-11(16)10-15/h11,16H,3-10H2,1-2H3,(H,13,14)/t11-/m1/s1. The quantitative estimate of drug-likeness (QED) is 0.427. The van der Waals surface area contributed by atoms with Crippen LogP contribution in [-0.4, -0.2) is 60.3 Å². The molecule has 0 bridgehead atoms. The third kappa shape index (κ3) is 5.64. The highest BCUT2D eigenvalue weighted by molar-refractivity contribution is 7.98. The van der Waals surface area contributed by atoms with Crippen molar-refractivity contribution in [2.75, 3.05) is 38.2 Å². The molecule has 0 spiro atoms. The van der Waals surface area contributed by atoms with Gasteiger partial charge in [0, 0.05) is 26.2 Å². The molecule has 4 nitrogen and oxygen atoms in total. The van der Waals surface area contributed by atoms with E-state index in [1.165, 1.54) is 12.2 Å². The Morgan fingerprint density at radius 2 is 2.35 bits per heavy atom. The van der Waals surface area contributed by atoms with Gasteiger partial charge in [0.15, 0.2) is 5.96 Å². The maximum absolute atomic E-state index is 9.53. The average Bonchev–Trinajstić information content (AvgIpc) is 2.74. The molecule has 1 aliphatic rings. The summed E-state index contributed by atoms with van der Waals surface area (Å²) in [6.07, 6.45) is 5.18. The maximum Gasteiger partial charge on any atom is 0.194 e. The van der Waals surface area contributed by atoms with Crippen molar-refractivity contribution in [2.24, 2.45) is 4.99 Å². The lowest BCUT2D eigenvalue weighted by Crippen LogP contribution is -2.40. The van der Waals surface area contributed by atoms with E-state index in [1.54, 1.807) is 0 Å². The van der Waals surface area contributed by atoms with Gasteiger partial charge in [0.25, 0.3) is 0 Å². The Bertz CT molecular complexity index is 236. The highest BCUT2D eigenvalue weighted by Gasteiger charge is 2.22. The topological polar surface area (TPSA) is 47.9 Å². The molecule has 0 saturated carbocycles. The molecule has 1 aliphatic heterocycles. The lowest BCUT2D eigenvalue weighted by molar-refractivity contribution is 0.188. The number of hydrogen-bond acceptors (Lipinski definition) is 3. The number of aliphatic imine (C=N–C) groups is 1. The third-order valence-corrected chi connectivity index (χ3v) is 3.51. The molecule has 1 saturated heterocycles. The number of hydrogen-bond donors (Lipinski definition) is 2. The molecular weight excluding hydrogens is 234 g/mol. The van der Waals surface area contributed by atoms with E-state index in [9.17, 15) is 5.11 Å². The van der Waals surface area contributed by atoms with Crippen LogP contribution in [0.3, 0.4) is 0 Å². The Morgan fingerprint density at radius 1 is 1.53 bits per heavy atom. The Morgan fingerprint density at radius 3 is 2.94 bits per heavy atom. The molecule has 100 valence electrons. The molecule has 2 N–H and O–H groups in total. The van der Waals surface area contributed by atoms with Crippen LogP contribution >= 0.6 is 11.8 Å². The SMILES string of the molecule is CCNC(=NCCCCSC)N1CC[C@@H](O)C1. The number of nitrogens with one attached hydrogen (secondary N) is 1. The summed E-state index contributed by atoms with van der Waals surface area (Å²) in [5.74, 6) is 2.18. The minimum atomic E-state index is -0.185. The summed E-state index contributed by atoms with van der Waals surface area (Å²) in [4.78, 5) is 6.77. The monoisotopic (exact) mass is 259 g/mol. The number of nitrogens with zero attached hydrogens (tertiary/aromatic N) is 2. The predicted octanol–water partition coefficient (Wildman–Crippen LogP) is 1.16. The fourth-order valence-electron chi connectivity index (χ4n) is 1.90. The van der Waals surface area contributed by atoms with E-state index in [4.69, 9.17) is 0 Å². The van der Waals surface area contributed by atoms with Crippen LogP contribution in [0.4, 0.5) is 0 Å².